The van der Waals surface area contributed by atoms with Crippen LogP contribution in [-0.4, -0.2) is 16.9 Å². The molecule has 0 saturated carbocycles. The fourth-order valence-corrected chi connectivity index (χ4v) is 1.38. The molecule has 0 aliphatic rings. The van der Waals surface area contributed by atoms with Crippen molar-refractivity contribution in [2.45, 2.75) is 32.3 Å². The molecule has 1 N–H and O–H groups in total. The molecule has 0 saturated heterocycles. The second-order valence-electron chi connectivity index (χ2n) is 4.11. The van der Waals surface area contributed by atoms with Gasteiger partial charge >= 0.3 is 6.16 Å². The highest BCUT2D eigenvalue weighted by Crippen LogP contribution is 2.17. The molecule has 15 heavy (non-hydrogen) atoms. The summed E-state index contributed by atoms with van der Waals surface area (Å²) in [4.78, 5) is 10.4. The third-order valence-electron chi connectivity index (χ3n) is 2.22. The Hall–Kier alpha value is -1.51. The lowest BCUT2D eigenvalue weighted by molar-refractivity contribution is -0.000723. The van der Waals surface area contributed by atoms with Gasteiger partial charge in [0.15, 0.2) is 0 Å². The van der Waals surface area contributed by atoms with E-state index in [1.165, 1.54) is 5.56 Å². The summed E-state index contributed by atoms with van der Waals surface area (Å²) in [6.45, 7) is 3.56. The van der Waals surface area contributed by atoms with Crippen molar-refractivity contribution in [3.8, 4) is 0 Å². The molecule has 0 amide bonds. The second kappa shape index (κ2) is 4.82. The van der Waals surface area contributed by atoms with Crippen LogP contribution >= 0.6 is 0 Å². The molecular weight excluding hydrogens is 192 g/mol. The smallest absolute Gasteiger partial charge is 0.450 e. The van der Waals surface area contributed by atoms with E-state index in [1.54, 1.807) is 13.8 Å². The van der Waals surface area contributed by atoms with Crippen LogP contribution < -0.4 is 0 Å². The summed E-state index contributed by atoms with van der Waals surface area (Å²) in [6, 6.07) is 9.96. The minimum atomic E-state index is -1.21. The summed E-state index contributed by atoms with van der Waals surface area (Å²) in [5.41, 5.74) is 0.571. The first-order chi connectivity index (χ1) is 6.99. The number of rotatable bonds is 4. The molecular formula is C12H16O3. The van der Waals surface area contributed by atoms with Crippen molar-refractivity contribution in [3.05, 3.63) is 35.9 Å². The van der Waals surface area contributed by atoms with E-state index in [1.807, 2.05) is 30.3 Å². The van der Waals surface area contributed by atoms with Crippen LogP contribution in [0.4, 0.5) is 4.79 Å². The Morgan fingerprint density at radius 3 is 2.47 bits per heavy atom. The predicted octanol–water partition coefficient (Wildman–Crippen LogP) is 3.09. The van der Waals surface area contributed by atoms with Gasteiger partial charge in [-0.3, -0.25) is 0 Å². The van der Waals surface area contributed by atoms with Crippen molar-refractivity contribution in [3.63, 3.8) is 0 Å². The molecule has 1 aromatic rings. The third kappa shape index (κ3) is 4.49. The standard InChI is InChI=1S/C12H16O3/c1-12(2,15-11(13)14)9-8-10-6-4-3-5-7-10/h3-7H,8-9H2,1-2H3,(H,13,14). The maximum absolute atomic E-state index is 10.4. The molecule has 0 radical (unpaired) electrons. The van der Waals surface area contributed by atoms with Gasteiger partial charge in [-0.2, -0.15) is 0 Å². The van der Waals surface area contributed by atoms with Crippen molar-refractivity contribution >= 4 is 6.16 Å². The normalized spacial score (nSPS) is 11.1. The number of carbonyl (C=O) groups is 1. The van der Waals surface area contributed by atoms with Gasteiger partial charge in [0.05, 0.1) is 0 Å². The second-order valence-corrected chi connectivity index (χ2v) is 4.11. The van der Waals surface area contributed by atoms with Crippen LogP contribution in [0.2, 0.25) is 0 Å². The first-order valence-corrected chi connectivity index (χ1v) is 4.95. The van der Waals surface area contributed by atoms with Gasteiger partial charge in [-0.25, -0.2) is 4.79 Å². The lowest BCUT2D eigenvalue weighted by Gasteiger charge is -2.22. The van der Waals surface area contributed by atoms with Crippen LogP contribution in [0.1, 0.15) is 25.8 Å². The first-order valence-electron chi connectivity index (χ1n) is 4.95. The van der Waals surface area contributed by atoms with Crippen LogP contribution in [-0.2, 0) is 11.2 Å². The lowest BCUT2D eigenvalue weighted by atomic mass is 9.99. The van der Waals surface area contributed by atoms with Crippen molar-refractivity contribution in [2.24, 2.45) is 0 Å². The Balaban J connectivity index is 2.46. The number of benzene rings is 1. The molecule has 0 heterocycles. The maximum Gasteiger partial charge on any atom is 0.506 e. The average molecular weight is 208 g/mol. The largest absolute Gasteiger partial charge is 0.506 e. The quantitative estimate of drug-likeness (QED) is 0.773. The van der Waals surface area contributed by atoms with Gasteiger partial charge in [0.1, 0.15) is 5.60 Å². The summed E-state index contributed by atoms with van der Waals surface area (Å²) in [6.07, 6.45) is 0.290. The zero-order valence-corrected chi connectivity index (χ0v) is 9.06. The van der Waals surface area contributed by atoms with Crippen molar-refractivity contribution in [2.75, 3.05) is 0 Å². The SMILES string of the molecule is CC(C)(CCc1ccccc1)OC(=O)O. The van der Waals surface area contributed by atoms with E-state index < -0.39 is 11.8 Å². The van der Waals surface area contributed by atoms with E-state index in [2.05, 4.69) is 0 Å². The molecule has 0 spiro atoms. The number of hydrogen-bond donors (Lipinski definition) is 1. The predicted molar refractivity (Wildman–Crippen MR) is 58.0 cm³/mol. The minimum absolute atomic E-state index is 0.623. The first kappa shape index (κ1) is 11.6. The molecule has 0 unspecified atom stereocenters. The van der Waals surface area contributed by atoms with Crippen molar-refractivity contribution in [1.29, 1.82) is 0 Å². The molecule has 1 aromatic carbocycles. The molecule has 0 fully saturated rings. The maximum atomic E-state index is 10.4. The fraction of sp³-hybridized carbons (Fsp3) is 0.417. The highest BCUT2D eigenvalue weighted by molar-refractivity contribution is 5.57. The van der Waals surface area contributed by atoms with Gasteiger partial charge in [0, 0.05) is 0 Å². The van der Waals surface area contributed by atoms with Gasteiger partial charge in [0.2, 0.25) is 0 Å². The molecule has 1 rings (SSSR count). The topological polar surface area (TPSA) is 46.5 Å². The Labute approximate surface area is 89.7 Å². The third-order valence-corrected chi connectivity index (χ3v) is 2.22. The van der Waals surface area contributed by atoms with Gasteiger partial charge in [-0.1, -0.05) is 30.3 Å². The van der Waals surface area contributed by atoms with E-state index in [0.717, 1.165) is 6.42 Å². The average Bonchev–Trinajstić information content (AvgIpc) is 2.15. The number of aryl methyl sites for hydroxylation is 1. The summed E-state index contributed by atoms with van der Waals surface area (Å²) < 4.78 is 4.78. The molecule has 3 heteroatoms. The summed E-state index contributed by atoms with van der Waals surface area (Å²) in [7, 11) is 0. The van der Waals surface area contributed by atoms with Gasteiger partial charge in [-0.15, -0.1) is 0 Å². The Kier molecular flexibility index (Phi) is 3.72. The number of ether oxygens (including phenoxy) is 1. The van der Waals surface area contributed by atoms with Crippen LogP contribution in [0.3, 0.4) is 0 Å². The van der Waals surface area contributed by atoms with E-state index in [0.29, 0.717) is 6.42 Å². The zero-order valence-electron chi connectivity index (χ0n) is 9.06. The Bertz CT molecular complexity index is 317. The van der Waals surface area contributed by atoms with E-state index in [-0.39, 0.29) is 0 Å². The van der Waals surface area contributed by atoms with Crippen LogP contribution in [0.15, 0.2) is 30.3 Å². The van der Waals surface area contributed by atoms with Crippen molar-refractivity contribution in [1.82, 2.24) is 0 Å². The van der Waals surface area contributed by atoms with Gasteiger partial charge < -0.3 is 9.84 Å². The fourth-order valence-electron chi connectivity index (χ4n) is 1.38. The molecule has 0 atom stereocenters. The molecule has 3 nitrogen and oxygen atoms in total. The summed E-state index contributed by atoms with van der Waals surface area (Å²) in [5.74, 6) is 0. The minimum Gasteiger partial charge on any atom is -0.450 e. The molecule has 0 bridgehead atoms. The molecule has 0 aliphatic heterocycles. The molecule has 82 valence electrons. The summed E-state index contributed by atoms with van der Waals surface area (Å²) >= 11 is 0. The molecule has 0 aliphatic carbocycles. The molecule has 0 aromatic heterocycles. The van der Waals surface area contributed by atoms with Crippen LogP contribution in [0.5, 0.6) is 0 Å². The summed E-state index contributed by atoms with van der Waals surface area (Å²) in [5, 5.41) is 8.52. The van der Waals surface area contributed by atoms with Gasteiger partial charge in [0.25, 0.3) is 0 Å². The van der Waals surface area contributed by atoms with Crippen molar-refractivity contribution < 1.29 is 14.6 Å². The Morgan fingerprint density at radius 2 is 1.93 bits per heavy atom. The van der Waals surface area contributed by atoms with Crippen LogP contribution in [0, 0.1) is 0 Å². The zero-order chi connectivity index (χ0) is 11.3. The van der Waals surface area contributed by atoms with Gasteiger partial charge in [-0.05, 0) is 32.3 Å². The number of hydrogen-bond acceptors (Lipinski definition) is 2. The number of carboxylic acid groups (broad SMARTS) is 1. The van der Waals surface area contributed by atoms with E-state index in [4.69, 9.17) is 9.84 Å². The lowest BCUT2D eigenvalue weighted by Crippen LogP contribution is -2.27. The van der Waals surface area contributed by atoms with E-state index in [9.17, 15) is 4.79 Å². The highest BCUT2D eigenvalue weighted by atomic mass is 16.7. The van der Waals surface area contributed by atoms with Crippen LogP contribution in [0.25, 0.3) is 0 Å². The Morgan fingerprint density at radius 1 is 1.33 bits per heavy atom. The monoisotopic (exact) mass is 208 g/mol. The highest BCUT2D eigenvalue weighted by Gasteiger charge is 2.22. The van der Waals surface area contributed by atoms with E-state index >= 15 is 0 Å².